The first-order valence-corrected chi connectivity index (χ1v) is 7.92. The van der Waals surface area contributed by atoms with Crippen molar-refractivity contribution in [1.82, 2.24) is 9.78 Å². The molecule has 0 N–H and O–H groups in total. The smallest absolute Gasteiger partial charge is 0.479 e. The number of carbonyl (C=O) groups excluding carboxylic acids is 1. The average molecular weight is 332 g/mol. The molecule has 7 nitrogen and oxygen atoms in total. The molecule has 2 heterocycles. The molecular formula is C16H21BN2O5. The first-order chi connectivity index (χ1) is 11.4. The van der Waals surface area contributed by atoms with Crippen molar-refractivity contribution in [3.05, 3.63) is 18.2 Å². The lowest BCUT2D eigenvalue weighted by Crippen LogP contribution is -2.47. The summed E-state index contributed by atoms with van der Waals surface area (Å²) in [5, 5.41) is 4.88. The highest BCUT2D eigenvalue weighted by molar-refractivity contribution is 6.61. The zero-order valence-corrected chi connectivity index (χ0v) is 14.4. The van der Waals surface area contributed by atoms with Crippen molar-refractivity contribution in [2.75, 3.05) is 26.9 Å². The van der Waals surface area contributed by atoms with Crippen molar-refractivity contribution in [3.8, 4) is 5.88 Å². The topological polar surface area (TPSA) is 71.8 Å². The number of nitrogens with zero attached hydrogens (tertiary/aromatic N) is 2. The predicted molar refractivity (Wildman–Crippen MR) is 89.8 cm³/mol. The number of ether oxygens (including phenoxy) is 2. The Bertz CT molecular complexity index is 748. The Balaban J connectivity index is 1.95. The van der Waals surface area contributed by atoms with Crippen LogP contribution >= 0.6 is 0 Å². The molecule has 128 valence electrons. The summed E-state index contributed by atoms with van der Waals surface area (Å²) in [6, 6.07) is 5.53. The molecule has 0 bridgehead atoms. The van der Waals surface area contributed by atoms with E-state index in [1.54, 1.807) is 13.0 Å². The highest BCUT2D eigenvalue weighted by atomic mass is 16.6. The van der Waals surface area contributed by atoms with Crippen LogP contribution in [0.5, 0.6) is 5.88 Å². The van der Waals surface area contributed by atoms with Crippen LogP contribution in [-0.2, 0) is 14.0 Å². The Morgan fingerprint density at radius 3 is 2.71 bits per heavy atom. The standard InChI is InChI=1S/C16H21BN2O5/c1-5-22-15(20)19-13-7-6-11(8-12(13)14(18-19)21-4)17-23-9-16(2,3)10-24-17/h6-8H,5,9-10H2,1-4H3. The Kier molecular flexibility index (Phi) is 4.51. The third-order valence-electron chi connectivity index (χ3n) is 3.83. The Morgan fingerprint density at radius 2 is 2.08 bits per heavy atom. The van der Waals surface area contributed by atoms with Gasteiger partial charge >= 0.3 is 13.2 Å². The van der Waals surface area contributed by atoms with Gasteiger partial charge in [0.2, 0.25) is 5.88 Å². The van der Waals surface area contributed by atoms with Crippen molar-refractivity contribution >= 4 is 29.6 Å². The maximum Gasteiger partial charge on any atom is 0.493 e. The van der Waals surface area contributed by atoms with E-state index in [1.165, 1.54) is 11.8 Å². The first-order valence-electron chi connectivity index (χ1n) is 7.92. The van der Waals surface area contributed by atoms with Crippen molar-refractivity contribution in [2.45, 2.75) is 20.8 Å². The quantitative estimate of drug-likeness (QED) is 0.799. The number of methoxy groups -OCH3 is 1. The molecular weight excluding hydrogens is 311 g/mol. The molecule has 8 heteroatoms. The molecule has 1 saturated heterocycles. The molecule has 0 aliphatic carbocycles. The lowest BCUT2D eigenvalue weighted by molar-refractivity contribution is 0.0343. The van der Waals surface area contributed by atoms with Gasteiger partial charge in [0.1, 0.15) is 0 Å². The van der Waals surface area contributed by atoms with E-state index < -0.39 is 13.2 Å². The highest BCUT2D eigenvalue weighted by Gasteiger charge is 2.34. The molecule has 1 aliphatic rings. The molecule has 1 aliphatic heterocycles. The lowest BCUT2D eigenvalue weighted by atomic mass is 9.75. The number of hydrogen-bond acceptors (Lipinski definition) is 6. The number of carbonyl (C=O) groups is 1. The van der Waals surface area contributed by atoms with Crippen molar-refractivity contribution in [3.63, 3.8) is 0 Å². The Hall–Kier alpha value is -2.06. The second-order valence-electron chi connectivity index (χ2n) is 6.51. The minimum atomic E-state index is -0.537. The zero-order chi connectivity index (χ0) is 17.3. The van der Waals surface area contributed by atoms with E-state index >= 15 is 0 Å². The molecule has 2 aromatic rings. The lowest BCUT2D eigenvalue weighted by Gasteiger charge is -2.33. The van der Waals surface area contributed by atoms with E-state index in [1.807, 2.05) is 12.1 Å². The highest BCUT2D eigenvalue weighted by Crippen LogP contribution is 2.26. The minimum absolute atomic E-state index is 0.00703. The van der Waals surface area contributed by atoms with Crippen molar-refractivity contribution in [1.29, 1.82) is 0 Å². The van der Waals surface area contributed by atoms with Crippen molar-refractivity contribution in [2.24, 2.45) is 5.41 Å². The average Bonchev–Trinajstić information content (AvgIpc) is 2.93. The van der Waals surface area contributed by atoms with Gasteiger partial charge in [0.15, 0.2) is 0 Å². The van der Waals surface area contributed by atoms with Gasteiger partial charge in [-0.15, -0.1) is 5.10 Å². The molecule has 1 aromatic carbocycles. The van der Waals surface area contributed by atoms with Gasteiger partial charge in [0.25, 0.3) is 0 Å². The second kappa shape index (κ2) is 6.45. The summed E-state index contributed by atoms with van der Waals surface area (Å²) < 4.78 is 23.1. The van der Waals surface area contributed by atoms with Crippen LogP contribution in [0.1, 0.15) is 20.8 Å². The van der Waals surface area contributed by atoms with Gasteiger partial charge in [-0.25, -0.2) is 4.79 Å². The second-order valence-corrected chi connectivity index (χ2v) is 6.51. The summed E-state index contributed by atoms with van der Waals surface area (Å²) in [5.74, 6) is 0.357. The summed E-state index contributed by atoms with van der Waals surface area (Å²) in [5.41, 5.74) is 1.48. The Morgan fingerprint density at radius 1 is 1.38 bits per heavy atom. The van der Waals surface area contributed by atoms with Gasteiger partial charge in [0.05, 0.1) is 24.6 Å². The van der Waals surface area contributed by atoms with Crippen LogP contribution in [-0.4, -0.2) is 49.9 Å². The van der Waals surface area contributed by atoms with E-state index in [0.717, 1.165) is 5.46 Å². The van der Waals surface area contributed by atoms with E-state index in [2.05, 4.69) is 18.9 Å². The Labute approximate surface area is 141 Å². The van der Waals surface area contributed by atoms with Crippen LogP contribution in [0.4, 0.5) is 4.79 Å². The summed E-state index contributed by atoms with van der Waals surface area (Å²) in [7, 11) is 1.08. The van der Waals surface area contributed by atoms with Crippen LogP contribution in [0.15, 0.2) is 18.2 Å². The SMILES string of the molecule is CCOC(=O)n1nc(OC)c2cc(B3OCC(C)(C)CO3)ccc21. The molecule has 1 aromatic heterocycles. The molecule has 0 spiro atoms. The van der Waals surface area contributed by atoms with E-state index in [0.29, 0.717) is 30.0 Å². The van der Waals surface area contributed by atoms with Crippen LogP contribution in [0.3, 0.4) is 0 Å². The largest absolute Gasteiger partial charge is 0.493 e. The van der Waals surface area contributed by atoms with Crippen molar-refractivity contribution < 1.29 is 23.6 Å². The third kappa shape index (κ3) is 3.11. The van der Waals surface area contributed by atoms with Gasteiger partial charge in [-0.1, -0.05) is 19.9 Å². The van der Waals surface area contributed by atoms with Crippen LogP contribution in [0.25, 0.3) is 10.9 Å². The molecule has 3 rings (SSSR count). The summed E-state index contributed by atoms with van der Waals surface area (Å²) >= 11 is 0. The normalized spacial score (nSPS) is 17.1. The van der Waals surface area contributed by atoms with Crippen LogP contribution in [0.2, 0.25) is 0 Å². The van der Waals surface area contributed by atoms with E-state index in [9.17, 15) is 4.79 Å². The molecule has 0 atom stereocenters. The van der Waals surface area contributed by atoms with E-state index in [4.69, 9.17) is 18.8 Å². The molecule has 0 unspecified atom stereocenters. The molecule has 0 saturated carbocycles. The molecule has 24 heavy (non-hydrogen) atoms. The number of aromatic nitrogens is 2. The van der Waals surface area contributed by atoms with Crippen LogP contribution < -0.4 is 10.2 Å². The monoisotopic (exact) mass is 332 g/mol. The maximum atomic E-state index is 12.0. The summed E-state index contributed by atoms with van der Waals surface area (Å²) in [6.45, 7) is 7.46. The fourth-order valence-corrected chi connectivity index (χ4v) is 2.61. The van der Waals surface area contributed by atoms with Gasteiger partial charge in [-0.2, -0.15) is 4.68 Å². The molecule has 1 fully saturated rings. The number of hydrogen-bond donors (Lipinski definition) is 0. The maximum absolute atomic E-state index is 12.0. The third-order valence-corrected chi connectivity index (χ3v) is 3.83. The van der Waals surface area contributed by atoms with Gasteiger partial charge < -0.3 is 18.8 Å². The molecule has 0 radical (unpaired) electrons. The summed E-state index contributed by atoms with van der Waals surface area (Å²) in [6.07, 6.45) is -0.537. The zero-order valence-electron chi connectivity index (χ0n) is 14.4. The van der Waals surface area contributed by atoms with Gasteiger partial charge in [0, 0.05) is 18.6 Å². The summed E-state index contributed by atoms with van der Waals surface area (Å²) in [4.78, 5) is 12.0. The van der Waals surface area contributed by atoms with Gasteiger partial charge in [-0.05, 0) is 24.5 Å². The number of benzene rings is 1. The van der Waals surface area contributed by atoms with E-state index in [-0.39, 0.29) is 12.0 Å². The fourth-order valence-electron chi connectivity index (χ4n) is 2.61. The number of rotatable bonds is 3. The van der Waals surface area contributed by atoms with Gasteiger partial charge in [-0.3, -0.25) is 0 Å². The predicted octanol–water partition coefficient (Wildman–Crippen LogP) is 1.82. The molecule has 0 amide bonds. The minimum Gasteiger partial charge on any atom is -0.479 e. The number of fused-ring (bicyclic) bond motifs is 1. The van der Waals surface area contributed by atoms with Crippen LogP contribution in [0, 0.1) is 5.41 Å². The fraction of sp³-hybridized carbons (Fsp3) is 0.500. The first kappa shape index (κ1) is 16.8.